The first-order valence-electron chi connectivity index (χ1n) is 14.5. The second kappa shape index (κ2) is 14.8. The minimum atomic E-state index is -0.905. The molecule has 0 saturated carbocycles. The number of nitrogens with zero attached hydrogens (tertiary/aromatic N) is 2. The summed E-state index contributed by atoms with van der Waals surface area (Å²) in [6.07, 6.45) is 8.72. The van der Waals surface area contributed by atoms with Gasteiger partial charge >= 0.3 is 5.97 Å². The number of rotatable bonds is 13. The van der Waals surface area contributed by atoms with Gasteiger partial charge in [0.2, 0.25) is 0 Å². The molecular weight excluding hydrogens is 551 g/mol. The lowest BCUT2D eigenvalue weighted by atomic mass is 9.78. The molecule has 1 aromatic heterocycles. The molecule has 2 N–H and O–H groups in total. The van der Waals surface area contributed by atoms with E-state index in [-0.39, 0.29) is 17.2 Å². The highest BCUT2D eigenvalue weighted by molar-refractivity contribution is 6.30. The quantitative estimate of drug-likeness (QED) is 0.178. The minimum absolute atomic E-state index is 0.0319. The highest BCUT2D eigenvalue weighted by atomic mass is 35.5. The molecule has 5 nitrogen and oxygen atoms in total. The molecule has 0 aliphatic heterocycles. The molecule has 0 amide bonds. The van der Waals surface area contributed by atoms with Crippen molar-refractivity contribution in [1.29, 1.82) is 0 Å². The molecule has 0 radical (unpaired) electrons. The monoisotopic (exact) mass is 596 g/mol. The minimum Gasteiger partial charge on any atom is -0.505 e. The summed E-state index contributed by atoms with van der Waals surface area (Å²) in [5.74, 6) is -0.856. The number of carboxylic acids is 1. The fourth-order valence-electron chi connectivity index (χ4n) is 4.36. The molecule has 0 fully saturated rings. The number of benzene rings is 1. The predicted molar refractivity (Wildman–Crippen MR) is 174 cm³/mol. The maximum atomic E-state index is 14.3. The van der Waals surface area contributed by atoms with Crippen molar-refractivity contribution in [3.8, 4) is 17.0 Å². The topological polar surface area (TPSA) is 82.8 Å². The summed E-state index contributed by atoms with van der Waals surface area (Å²) in [5, 5.41) is 20.5. The van der Waals surface area contributed by atoms with E-state index in [1.165, 1.54) is 12.1 Å². The fraction of sp³-hybridized carbons (Fsp3) is 0.457. The van der Waals surface area contributed by atoms with Crippen LogP contribution in [0.15, 0.2) is 59.3 Å². The lowest BCUT2D eigenvalue weighted by Gasteiger charge is -2.27. The maximum absolute atomic E-state index is 14.3. The number of aliphatic imine (C=N–C) groups is 1. The van der Waals surface area contributed by atoms with Gasteiger partial charge in [-0.05, 0) is 66.0 Å². The van der Waals surface area contributed by atoms with Crippen molar-refractivity contribution in [3.05, 3.63) is 76.4 Å². The molecule has 1 heterocycles. The van der Waals surface area contributed by atoms with E-state index in [4.69, 9.17) is 16.6 Å². The third-order valence-electron chi connectivity index (χ3n) is 7.64. The summed E-state index contributed by atoms with van der Waals surface area (Å²) in [6.45, 7) is 20.7. The Kier molecular flexibility index (Phi) is 12.3. The van der Waals surface area contributed by atoms with Crippen molar-refractivity contribution in [2.45, 2.75) is 92.9 Å². The van der Waals surface area contributed by atoms with E-state index in [0.717, 1.165) is 30.4 Å². The predicted octanol–water partition coefficient (Wildman–Crippen LogP) is 10.2. The van der Waals surface area contributed by atoms with E-state index in [1.807, 2.05) is 47.6 Å². The first-order valence-corrected chi connectivity index (χ1v) is 14.9. The number of allylic oxidation sites excluding steroid dienone is 3. The van der Waals surface area contributed by atoms with Crippen molar-refractivity contribution in [3.63, 3.8) is 0 Å². The third-order valence-corrected chi connectivity index (χ3v) is 7.94. The van der Waals surface area contributed by atoms with E-state index >= 15 is 0 Å². The molecule has 0 spiro atoms. The van der Waals surface area contributed by atoms with Crippen LogP contribution in [0.3, 0.4) is 0 Å². The number of hydrogen-bond acceptors (Lipinski definition) is 4. The summed E-state index contributed by atoms with van der Waals surface area (Å²) >= 11 is 5.91. The van der Waals surface area contributed by atoms with Crippen LogP contribution in [-0.2, 0) is 10.2 Å². The number of carbonyl (C=O) groups is 1. The second-order valence-corrected chi connectivity index (χ2v) is 12.9. The van der Waals surface area contributed by atoms with Crippen LogP contribution in [0.4, 0.5) is 4.39 Å². The van der Waals surface area contributed by atoms with Gasteiger partial charge in [-0.2, -0.15) is 0 Å². The highest BCUT2D eigenvalue weighted by Gasteiger charge is 2.25. The molecule has 2 aromatic rings. The number of pyridine rings is 1. The van der Waals surface area contributed by atoms with Crippen molar-refractivity contribution in [2.75, 3.05) is 0 Å². The van der Waals surface area contributed by atoms with Gasteiger partial charge in [0.05, 0.1) is 17.1 Å². The van der Waals surface area contributed by atoms with E-state index in [2.05, 4.69) is 25.4 Å². The Morgan fingerprint density at radius 3 is 2.40 bits per heavy atom. The average Bonchev–Trinajstić information content (AvgIpc) is 2.91. The number of carboxylic acid groups (broad SMARTS) is 1. The smallest absolute Gasteiger partial charge is 0.309 e. The van der Waals surface area contributed by atoms with Crippen molar-refractivity contribution < 1.29 is 19.4 Å². The molecule has 2 rings (SSSR count). The summed E-state index contributed by atoms with van der Waals surface area (Å²) in [6, 6.07) is 6.34. The van der Waals surface area contributed by atoms with Gasteiger partial charge in [0, 0.05) is 28.5 Å². The van der Waals surface area contributed by atoms with Crippen molar-refractivity contribution in [2.24, 2.45) is 16.3 Å². The SMILES string of the molecule is C=C(/C(=C\N=C(CC)CC(=O)O)CCC(C)CC)C(C)(C)/C=C/c1nc(-c2ccc(Cl)c(F)c2)cc(C(C)(C)C)c1O. The Morgan fingerprint density at radius 1 is 1.19 bits per heavy atom. The van der Waals surface area contributed by atoms with E-state index in [9.17, 15) is 19.4 Å². The van der Waals surface area contributed by atoms with E-state index in [0.29, 0.717) is 40.6 Å². The van der Waals surface area contributed by atoms with Crippen LogP contribution >= 0.6 is 11.6 Å². The Morgan fingerprint density at radius 2 is 1.86 bits per heavy atom. The van der Waals surface area contributed by atoms with Crippen LogP contribution in [0, 0.1) is 17.2 Å². The van der Waals surface area contributed by atoms with Crippen LogP contribution in [0.5, 0.6) is 5.75 Å². The number of hydrogen-bond donors (Lipinski definition) is 2. The number of aromatic nitrogens is 1. The molecule has 1 atom stereocenters. The Balaban J connectivity index is 2.57. The van der Waals surface area contributed by atoms with Crippen molar-refractivity contribution in [1.82, 2.24) is 4.98 Å². The molecular formula is C35H46ClFN2O3. The zero-order valence-electron chi connectivity index (χ0n) is 26.3. The Bertz CT molecular complexity index is 1380. The lowest BCUT2D eigenvalue weighted by molar-refractivity contribution is -0.135. The van der Waals surface area contributed by atoms with E-state index in [1.54, 1.807) is 24.4 Å². The molecule has 0 bridgehead atoms. The molecule has 1 unspecified atom stereocenters. The standard InChI is InChI=1S/C35H46ClFN2O3/c1-10-22(3)12-13-25(21-38-26(11-2)19-32(40)41)23(4)35(8,9)17-16-30-33(42)27(34(5,6)7)20-31(39-30)24-14-15-28(36)29(37)18-24/h14-18,20-22,42H,4,10-13,19H2,1-3,5-9H3,(H,40,41)/b17-16+,25-21-,38-26?. The first-order chi connectivity index (χ1) is 19.5. The normalized spacial score (nSPS) is 14.0. The highest BCUT2D eigenvalue weighted by Crippen LogP contribution is 2.39. The van der Waals surface area contributed by atoms with E-state index < -0.39 is 22.6 Å². The molecule has 228 valence electrons. The fourth-order valence-corrected chi connectivity index (χ4v) is 4.47. The zero-order chi connectivity index (χ0) is 31.8. The van der Waals surface area contributed by atoms with Gasteiger partial charge in [0.25, 0.3) is 0 Å². The molecule has 0 saturated heterocycles. The van der Waals surface area contributed by atoms with Gasteiger partial charge < -0.3 is 10.2 Å². The van der Waals surface area contributed by atoms with Crippen LogP contribution < -0.4 is 0 Å². The molecule has 0 aliphatic rings. The first kappa shape index (κ1) is 34.9. The van der Waals surface area contributed by atoms with Gasteiger partial charge in [0.15, 0.2) is 0 Å². The second-order valence-electron chi connectivity index (χ2n) is 12.5. The van der Waals surface area contributed by atoms with Crippen LogP contribution in [0.1, 0.15) is 98.8 Å². The molecule has 0 aliphatic carbocycles. The largest absolute Gasteiger partial charge is 0.505 e. The molecule has 42 heavy (non-hydrogen) atoms. The van der Waals surface area contributed by atoms with Gasteiger partial charge in [-0.3, -0.25) is 9.79 Å². The summed E-state index contributed by atoms with van der Waals surface area (Å²) in [4.78, 5) is 20.5. The number of halogens is 2. The average molecular weight is 597 g/mol. The van der Waals surface area contributed by atoms with Crippen LogP contribution in [-0.4, -0.2) is 26.9 Å². The van der Waals surface area contributed by atoms with Crippen molar-refractivity contribution >= 4 is 29.4 Å². The van der Waals surface area contributed by atoms with Gasteiger partial charge in [-0.25, -0.2) is 9.37 Å². The van der Waals surface area contributed by atoms with Crippen LogP contribution in [0.2, 0.25) is 5.02 Å². The third kappa shape index (κ3) is 9.65. The van der Waals surface area contributed by atoms with Crippen LogP contribution in [0.25, 0.3) is 17.3 Å². The summed E-state index contributed by atoms with van der Waals surface area (Å²) in [5.41, 5.74) is 3.60. The molecule has 7 heteroatoms. The zero-order valence-corrected chi connectivity index (χ0v) is 27.1. The summed E-state index contributed by atoms with van der Waals surface area (Å²) in [7, 11) is 0. The Hall–Kier alpha value is -3.25. The molecule has 1 aromatic carbocycles. The maximum Gasteiger partial charge on any atom is 0.309 e. The number of aromatic hydroxyl groups is 1. The Labute approximate surface area is 256 Å². The summed E-state index contributed by atoms with van der Waals surface area (Å²) < 4.78 is 14.3. The number of aliphatic carboxylic acids is 1. The van der Waals surface area contributed by atoms with Gasteiger partial charge in [-0.15, -0.1) is 0 Å². The lowest BCUT2D eigenvalue weighted by Crippen LogP contribution is -2.14. The van der Waals surface area contributed by atoms with Gasteiger partial charge in [-0.1, -0.05) is 92.1 Å². The van der Waals surface area contributed by atoms with Gasteiger partial charge in [0.1, 0.15) is 17.3 Å².